The van der Waals surface area contributed by atoms with E-state index in [1.54, 1.807) is 12.1 Å². The molecule has 4 heteroatoms. The average molecular weight is 299 g/mol. The van der Waals surface area contributed by atoms with Gasteiger partial charge in [0.25, 0.3) is 0 Å². The second kappa shape index (κ2) is 5.89. The van der Waals surface area contributed by atoms with Crippen molar-refractivity contribution in [2.24, 2.45) is 0 Å². The number of ether oxygens (including phenoxy) is 2. The molecule has 0 amide bonds. The quantitative estimate of drug-likeness (QED) is 0.811. The first kappa shape index (κ1) is 14.7. The normalized spacial score (nSPS) is 19.9. The van der Waals surface area contributed by atoms with Gasteiger partial charge in [-0.3, -0.25) is 4.90 Å². The highest BCUT2D eigenvalue weighted by atomic mass is 16.5. The van der Waals surface area contributed by atoms with E-state index in [9.17, 15) is 5.11 Å². The fourth-order valence-corrected chi connectivity index (χ4v) is 2.99. The third-order valence-electron chi connectivity index (χ3n) is 4.14. The molecule has 0 bridgehead atoms. The molecule has 2 aromatic rings. The zero-order chi connectivity index (χ0) is 14.2. The van der Waals surface area contributed by atoms with E-state index in [1.807, 2.05) is 24.3 Å². The minimum Gasteiger partial charge on any atom is -0.508 e. The molecule has 0 radical (unpaired) electrons. The van der Waals surface area contributed by atoms with Gasteiger partial charge in [-0.25, -0.2) is 0 Å². The molecular weight excluding hydrogens is 278 g/mol. The summed E-state index contributed by atoms with van der Waals surface area (Å²) in [6.07, 6.45) is 0. The molecule has 2 aliphatic heterocycles. The van der Waals surface area contributed by atoms with E-state index in [-0.39, 0.29) is 19.2 Å². The zero-order valence-electron chi connectivity index (χ0n) is 11.7. The molecule has 2 heterocycles. The maximum absolute atomic E-state index is 9.69. The van der Waals surface area contributed by atoms with E-state index in [1.165, 1.54) is 5.56 Å². The summed E-state index contributed by atoms with van der Waals surface area (Å²) in [7, 11) is 0. The Balaban J connectivity index is 0.00000144. The summed E-state index contributed by atoms with van der Waals surface area (Å²) in [6, 6.07) is 13.7. The van der Waals surface area contributed by atoms with E-state index >= 15 is 0 Å². The van der Waals surface area contributed by atoms with Crippen LogP contribution in [0.2, 0.25) is 0 Å². The van der Waals surface area contributed by atoms with Gasteiger partial charge in [0.2, 0.25) is 0 Å². The van der Waals surface area contributed by atoms with Crippen LogP contribution in [0.4, 0.5) is 0 Å². The van der Waals surface area contributed by atoms with Crippen LogP contribution in [0.15, 0.2) is 42.5 Å². The van der Waals surface area contributed by atoms with Gasteiger partial charge in [0, 0.05) is 24.2 Å². The van der Waals surface area contributed by atoms with E-state index in [0.717, 1.165) is 30.2 Å². The van der Waals surface area contributed by atoms with Crippen molar-refractivity contribution in [2.75, 3.05) is 13.2 Å². The van der Waals surface area contributed by atoms with Crippen LogP contribution < -0.4 is 9.47 Å². The molecule has 4 rings (SSSR count). The van der Waals surface area contributed by atoms with Gasteiger partial charge in [-0.05, 0) is 24.3 Å². The molecule has 116 valence electrons. The third kappa shape index (κ3) is 2.62. The van der Waals surface area contributed by atoms with Crippen LogP contribution in [0.3, 0.4) is 0 Å². The highest BCUT2D eigenvalue weighted by molar-refractivity contribution is 5.41. The van der Waals surface area contributed by atoms with Gasteiger partial charge in [0.15, 0.2) is 0 Å². The van der Waals surface area contributed by atoms with Gasteiger partial charge in [-0.15, -0.1) is 0 Å². The predicted molar refractivity (Wildman–Crippen MR) is 85.3 cm³/mol. The highest BCUT2D eigenvalue weighted by Crippen LogP contribution is 2.32. The Morgan fingerprint density at radius 2 is 1.59 bits per heavy atom. The maximum atomic E-state index is 9.69. The van der Waals surface area contributed by atoms with Crippen LogP contribution in [0.5, 0.6) is 17.2 Å². The van der Waals surface area contributed by atoms with Gasteiger partial charge in [0.1, 0.15) is 30.5 Å². The highest BCUT2D eigenvalue weighted by Gasteiger charge is 2.28. The fourth-order valence-electron chi connectivity index (χ4n) is 2.99. The molecule has 0 saturated carbocycles. The van der Waals surface area contributed by atoms with Crippen LogP contribution in [-0.2, 0) is 13.1 Å². The number of fused-ring (bicyclic) bond motifs is 3. The molecule has 2 aliphatic rings. The fraction of sp³-hybridized carbons (Fsp3) is 0.333. The number of rotatable bonds is 0. The lowest BCUT2D eigenvalue weighted by molar-refractivity contribution is 0.106. The Kier molecular flexibility index (Phi) is 3.94. The summed E-state index contributed by atoms with van der Waals surface area (Å²) < 4.78 is 11.8. The lowest BCUT2D eigenvalue weighted by Gasteiger charge is -2.25. The predicted octanol–water partition coefficient (Wildman–Crippen LogP) is 3.18. The van der Waals surface area contributed by atoms with E-state index < -0.39 is 0 Å². The van der Waals surface area contributed by atoms with E-state index in [4.69, 9.17) is 9.47 Å². The molecule has 1 N–H and O–H groups in total. The number of phenolic OH excluding ortho intramolecular Hbond substituents is 1. The number of phenols is 1. The lowest BCUT2D eigenvalue weighted by Crippen LogP contribution is -2.39. The van der Waals surface area contributed by atoms with E-state index in [0.29, 0.717) is 13.2 Å². The van der Waals surface area contributed by atoms with Crippen molar-refractivity contribution in [2.45, 2.75) is 26.6 Å². The molecule has 0 spiro atoms. The van der Waals surface area contributed by atoms with Crippen molar-refractivity contribution >= 4 is 0 Å². The minimum atomic E-state index is 0. The Bertz CT molecular complexity index is 671. The van der Waals surface area contributed by atoms with Gasteiger partial charge in [0.05, 0.1) is 6.04 Å². The third-order valence-corrected chi connectivity index (χ3v) is 4.14. The van der Waals surface area contributed by atoms with Crippen LogP contribution in [0, 0.1) is 0 Å². The summed E-state index contributed by atoms with van der Waals surface area (Å²) in [4.78, 5) is 2.36. The topological polar surface area (TPSA) is 41.9 Å². The second-order valence-corrected chi connectivity index (χ2v) is 5.58. The van der Waals surface area contributed by atoms with Gasteiger partial charge >= 0.3 is 0 Å². The maximum Gasteiger partial charge on any atom is 0.124 e. The molecule has 1 atom stereocenters. The standard InChI is InChI=1S/C17H17NO3.CH4/c19-15-5-6-17-13(7-15)9-18-8-12-3-1-2-4-16(12)20-10-14(18)11-21-17;/h1-7,14,19H,8-11H2;1H4. The van der Waals surface area contributed by atoms with Crippen LogP contribution >= 0.6 is 0 Å². The van der Waals surface area contributed by atoms with E-state index in [2.05, 4.69) is 11.0 Å². The number of benzene rings is 2. The smallest absolute Gasteiger partial charge is 0.124 e. The minimum absolute atomic E-state index is 0. The van der Waals surface area contributed by atoms with Crippen LogP contribution in [0.25, 0.3) is 0 Å². The van der Waals surface area contributed by atoms with Crippen LogP contribution in [0.1, 0.15) is 18.6 Å². The first-order chi connectivity index (χ1) is 10.3. The number of nitrogens with zero attached hydrogens (tertiary/aromatic N) is 1. The Morgan fingerprint density at radius 1 is 0.909 bits per heavy atom. The SMILES string of the molecule is C.Oc1ccc2c(c1)CN1Cc3ccccc3OCC1CO2. The number of hydrogen-bond acceptors (Lipinski definition) is 4. The van der Waals surface area contributed by atoms with Crippen molar-refractivity contribution in [3.63, 3.8) is 0 Å². The average Bonchev–Trinajstić information content (AvgIpc) is 2.75. The van der Waals surface area contributed by atoms with Crippen molar-refractivity contribution < 1.29 is 14.6 Å². The monoisotopic (exact) mass is 299 g/mol. The summed E-state index contributed by atoms with van der Waals surface area (Å²) in [5.41, 5.74) is 2.22. The molecule has 0 aliphatic carbocycles. The number of para-hydroxylation sites is 1. The molecule has 1 unspecified atom stereocenters. The zero-order valence-corrected chi connectivity index (χ0v) is 11.7. The largest absolute Gasteiger partial charge is 0.508 e. The molecule has 4 nitrogen and oxygen atoms in total. The number of aromatic hydroxyl groups is 1. The van der Waals surface area contributed by atoms with Crippen molar-refractivity contribution in [3.8, 4) is 17.2 Å². The molecule has 0 aromatic heterocycles. The first-order valence-corrected chi connectivity index (χ1v) is 7.19. The van der Waals surface area contributed by atoms with Gasteiger partial charge in [-0.1, -0.05) is 25.6 Å². The van der Waals surface area contributed by atoms with Gasteiger partial charge < -0.3 is 14.6 Å². The molecular formula is C18H21NO3. The molecule has 22 heavy (non-hydrogen) atoms. The molecule has 0 fully saturated rings. The lowest BCUT2D eigenvalue weighted by atomic mass is 10.1. The Labute approximate surface area is 130 Å². The van der Waals surface area contributed by atoms with Crippen molar-refractivity contribution in [3.05, 3.63) is 53.6 Å². The molecule has 0 saturated heterocycles. The second-order valence-electron chi connectivity index (χ2n) is 5.58. The van der Waals surface area contributed by atoms with Crippen LogP contribution in [-0.4, -0.2) is 29.3 Å². The summed E-state index contributed by atoms with van der Waals surface area (Å²) in [6.45, 7) is 2.81. The number of hydrogen-bond donors (Lipinski definition) is 1. The summed E-state index contributed by atoms with van der Waals surface area (Å²) >= 11 is 0. The van der Waals surface area contributed by atoms with Gasteiger partial charge in [-0.2, -0.15) is 0 Å². The first-order valence-electron chi connectivity index (χ1n) is 7.19. The summed E-state index contributed by atoms with van der Waals surface area (Å²) in [5.74, 6) is 2.10. The Hall–Kier alpha value is -2.20. The van der Waals surface area contributed by atoms with Crippen molar-refractivity contribution in [1.82, 2.24) is 4.90 Å². The summed E-state index contributed by atoms with van der Waals surface area (Å²) in [5, 5.41) is 9.69. The van der Waals surface area contributed by atoms with Crippen molar-refractivity contribution in [1.29, 1.82) is 0 Å². The molecule has 2 aromatic carbocycles. The Morgan fingerprint density at radius 3 is 2.41 bits per heavy atom.